The molecule has 0 radical (unpaired) electrons. The maximum absolute atomic E-state index is 12.2. The monoisotopic (exact) mass is 292 g/mol. The van der Waals surface area contributed by atoms with Gasteiger partial charge in [0.2, 0.25) is 5.91 Å². The van der Waals surface area contributed by atoms with E-state index in [0.29, 0.717) is 0 Å². The largest absolute Gasteiger partial charge is 0.496 e. The first-order valence-electron chi connectivity index (χ1n) is 7.64. The van der Waals surface area contributed by atoms with Crippen molar-refractivity contribution in [2.75, 3.05) is 7.11 Å². The molecule has 1 rings (SSSR count). The topological polar surface area (TPSA) is 64.3 Å². The van der Waals surface area contributed by atoms with Crippen LogP contribution in [-0.4, -0.2) is 19.1 Å². The molecule has 0 aromatic heterocycles. The smallest absolute Gasteiger partial charge is 0.223 e. The number of methoxy groups -OCH3 is 1. The van der Waals surface area contributed by atoms with Gasteiger partial charge < -0.3 is 15.8 Å². The summed E-state index contributed by atoms with van der Waals surface area (Å²) in [5.41, 5.74) is 6.73. The highest BCUT2D eigenvalue weighted by Crippen LogP contribution is 2.24. The Morgan fingerprint density at radius 3 is 2.52 bits per heavy atom. The molecule has 1 aromatic carbocycles. The lowest BCUT2D eigenvalue weighted by molar-refractivity contribution is -0.125. The molecule has 0 aliphatic rings. The Hall–Kier alpha value is -1.55. The molecule has 0 spiro atoms. The minimum absolute atomic E-state index is 0.000840. The van der Waals surface area contributed by atoms with Gasteiger partial charge in [0.1, 0.15) is 5.75 Å². The third-order valence-corrected chi connectivity index (χ3v) is 3.71. The highest BCUT2D eigenvalue weighted by Gasteiger charge is 2.18. The summed E-state index contributed by atoms with van der Waals surface area (Å²) in [5.74, 6) is 0.883. The predicted octanol–water partition coefficient (Wildman–Crippen LogP) is 3.03. The Kier molecular flexibility index (Phi) is 7.23. The van der Waals surface area contributed by atoms with E-state index in [1.807, 2.05) is 45.0 Å². The molecule has 118 valence electrons. The van der Waals surface area contributed by atoms with Crippen molar-refractivity contribution in [3.8, 4) is 5.75 Å². The third kappa shape index (κ3) is 5.76. The average molecular weight is 292 g/mol. The molecule has 3 N–H and O–H groups in total. The van der Waals surface area contributed by atoms with Crippen LogP contribution in [0.4, 0.5) is 0 Å². The van der Waals surface area contributed by atoms with E-state index in [0.717, 1.165) is 30.6 Å². The molecule has 3 atom stereocenters. The molecule has 0 saturated heterocycles. The fourth-order valence-corrected chi connectivity index (χ4v) is 2.33. The van der Waals surface area contributed by atoms with Crippen molar-refractivity contribution in [3.63, 3.8) is 0 Å². The van der Waals surface area contributed by atoms with Crippen molar-refractivity contribution in [2.45, 2.75) is 52.1 Å². The number of nitrogens with two attached hydrogens (primary N) is 1. The van der Waals surface area contributed by atoms with Gasteiger partial charge in [-0.05, 0) is 32.8 Å². The Bertz CT molecular complexity index is 446. The molecule has 4 nitrogen and oxygen atoms in total. The van der Waals surface area contributed by atoms with Crippen LogP contribution < -0.4 is 15.8 Å². The van der Waals surface area contributed by atoms with Crippen LogP contribution in [0.25, 0.3) is 0 Å². The number of carbonyl (C=O) groups excluding carboxylic acids is 1. The van der Waals surface area contributed by atoms with Crippen molar-refractivity contribution >= 4 is 5.91 Å². The Morgan fingerprint density at radius 1 is 1.24 bits per heavy atom. The Morgan fingerprint density at radius 2 is 1.90 bits per heavy atom. The number of ether oxygens (including phenoxy) is 1. The lowest BCUT2D eigenvalue weighted by Gasteiger charge is -2.20. The van der Waals surface area contributed by atoms with Gasteiger partial charge in [-0.2, -0.15) is 0 Å². The van der Waals surface area contributed by atoms with E-state index >= 15 is 0 Å². The van der Waals surface area contributed by atoms with E-state index in [9.17, 15) is 4.79 Å². The fraction of sp³-hybridized carbons (Fsp3) is 0.588. The van der Waals surface area contributed by atoms with Gasteiger partial charge in [0, 0.05) is 17.5 Å². The van der Waals surface area contributed by atoms with Crippen LogP contribution in [0.5, 0.6) is 5.75 Å². The van der Waals surface area contributed by atoms with E-state index in [-0.39, 0.29) is 23.9 Å². The minimum atomic E-state index is -0.0652. The highest BCUT2D eigenvalue weighted by molar-refractivity contribution is 5.78. The van der Waals surface area contributed by atoms with Gasteiger partial charge in [-0.15, -0.1) is 0 Å². The molecule has 0 saturated carbocycles. The van der Waals surface area contributed by atoms with Crippen LogP contribution in [0.1, 0.15) is 51.6 Å². The summed E-state index contributed by atoms with van der Waals surface area (Å²) < 4.78 is 5.33. The second kappa shape index (κ2) is 8.67. The van der Waals surface area contributed by atoms with Gasteiger partial charge >= 0.3 is 0 Å². The zero-order valence-electron chi connectivity index (χ0n) is 13.6. The van der Waals surface area contributed by atoms with Crippen molar-refractivity contribution in [1.29, 1.82) is 0 Å². The first-order chi connectivity index (χ1) is 9.95. The number of benzene rings is 1. The summed E-state index contributed by atoms with van der Waals surface area (Å²) in [4.78, 5) is 12.2. The van der Waals surface area contributed by atoms with Gasteiger partial charge in [0.25, 0.3) is 0 Å². The zero-order valence-corrected chi connectivity index (χ0v) is 13.6. The van der Waals surface area contributed by atoms with Crippen molar-refractivity contribution in [3.05, 3.63) is 29.8 Å². The SMILES string of the molecule is COc1ccccc1C(C)NC(=O)C(C)CCCC(C)N. The summed E-state index contributed by atoms with van der Waals surface area (Å²) >= 11 is 0. The van der Waals surface area contributed by atoms with Crippen LogP contribution in [0.3, 0.4) is 0 Å². The van der Waals surface area contributed by atoms with Crippen LogP contribution >= 0.6 is 0 Å². The normalized spacial score (nSPS) is 15.1. The van der Waals surface area contributed by atoms with Gasteiger partial charge in [0.15, 0.2) is 0 Å². The average Bonchev–Trinajstić information content (AvgIpc) is 2.46. The third-order valence-electron chi connectivity index (χ3n) is 3.71. The molecule has 0 aliphatic heterocycles. The van der Waals surface area contributed by atoms with Crippen molar-refractivity contribution in [1.82, 2.24) is 5.32 Å². The van der Waals surface area contributed by atoms with Gasteiger partial charge in [-0.25, -0.2) is 0 Å². The first-order valence-corrected chi connectivity index (χ1v) is 7.64. The van der Waals surface area contributed by atoms with E-state index in [4.69, 9.17) is 10.5 Å². The molecule has 1 amide bonds. The van der Waals surface area contributed by atoms with Crippen LogP contribution in [-0.2, 0) is 4.79 Å². The van der Waals surface area contributed by atoms with Crippen molar-refractivity contribution in [2.24, 2.45) is 11.7 Å². The van der Waals surface area contributed by atoms with Gasteiger partial charge in [-0.3, -0.25) is 4.79 Å². The molecule has 21 heavy (non-hydrogen) atoms. The summed E-state index contributed by atoms with van der Waals surface area (Å²) in [6.07, 6.45) is 2.81. The molecular formula is C17H28N2O2. The lowest BCUT2D eigenvalue weighted by Crippen LogP contribution is -2.32. The van der Waals surface area contributed by atoms with Crippen LogP contribution in [0, 0.1) is 5.92 Å². The summed E-state index contributed by atoms with van der Waals surface area (Å²) in [6.45, 7) is 5.93. The maximum Gasteiger partial charge on any atom is 0.223 e. The molecular weight excluding hydrogens is 264 g/mol. The molecule has 0 bridgehead atoms. The first kappa shape index (κ1) is 17.5. The van der Waals surface area contributed by atoms with Gasteiger partial charge in [-0.1, -0.05) is 31.5 Å². The molecule has 0 heterocycles. The number of hydrogen-bond donors (Lipinski definition) is 2. The quantitative estimate of drug-likeness (QED) is 0.774. The summed E-state index contributed by atoms with van der Waals surface area (Å²) in [6, 6.07) is 7.89. The molecule has 3 unspecified atom stereocenters. The van der Waals surface area contributed by atoms with E-state index in [1.165, 1.54) is 0 Å². The Balaban J connectivity index is 2.53. The standard InChI is InChI=1S/C17H28N2O2/c1-12(8-7-9-13(2)18)17(20)19-14(3)15-10-5-6-11-16(15)21-4/h5-6,10-14H,7-9,18H2,1-4H3,(H,19,20). The number of nitrogens with one attached hydrogen (secondary N) is 1. The molecule has 4 heteroatoms. The number of hydrogen-bond acceptors (Lipinski definition) is 3. The summed E-state index contributed by atoms with van der Waals surface area (Å²) in [7, 11) is 1.64. The fourth-order valence-electron chi connectivity index (χ4n) is 2.33. The zero-order chi connectivity index (χ0) is 15.8. The Labute approximate surface area is 128 Å². The van der Waals surface area contributed by atoms with Crippen LogP contribution in [0.2, 0.25) is 0 Å². The van der Waals surface area contributed by atoms with Crippen molar-refractivity contribution < 1.29 is 9.53 Å². The number of rotatable bonds is 8. The highest BCUT2D eigenvalue weighted by atomic mass is 16.5. The minimum Gasteiger partial charge on any atom is -0.496 e. The molecule has 0 aliphatic carbocycles. The number of carbonyl (C=O) groups is 1. The lowest BCUT2D eigenvalue weighted by atomic mass is 10.00. The van der Waals surface area contributed by atoms with E-state index in [2.05, 4.69) is 5.32 Å². The number of amides is 1. The van der Waals surface area contributed by atoms with Crippen LogP contribution in [0.15, 0.2) is 24.3 Å². The second-order valence-corrected chi connectivity index (χ2v) is 5.78. The van der Waals surface area contributed by atoms with Gasteiger partial charge in [0.05, 0.1) is 13.2 Å². The predicted molar refractivity (Wildman–Crippen MR) is 86.2 cm³/mol. The van der Waals surface area contributed by atoms with E-state index in [1.54, 1.807) is 7.11 Å². The maximum atomic E-state index is 12.2. The second-order valence-electron chi connectivity index (χ2n) is 5.78. The summed E-state index contributed by atoms with van der Waals surface area (Å²) in [5, 5.41) is 3.06. The number of para-hydroxylation sites is 1. The molecule has 1 aromatic rings. The van der Waals surface area contributed by atoms with E-state index < -0.39 is 0 Å². The molecule has 0 fully saturated rings.